The molecular formula is C25H32F3NO6. The van der Waals surface area contributed by atoms with Crippen molar-refractivity contribution in [2.24, 2.45) is 11.8 Å². The maximum Gasteiger partial charge on any atom is 0.511 e. The largest absolute Gasteiger partial charge is 0.511 e. The number of carboxylic acids is 1. The van der Waals surface area contributed by atoms with Crippen LogP contribution in [-0.2, 0) is 26.1 Å². The molecular weight excluding hydrogens is 467 g/mol. The minimum atomic E-state index is -5.08. The van der Waals surface area contributed by atoms with Crippen LogP contribution >= 0.6 is 0 Å². The molecule has 0 unspecified atom stereocenters. The van der Waals surface area contributed by atoms with E-state index in [-0.39, 0.29) is 6.79 Å². The number of benzene rings is 1. The number of alkyl halides is 3. The molecule has 2 bridgehead atoms. The van der Waals surface area contributed by atoms with Crippen LogP contribution in [0.1, 0.15) is 62.5 Å². The summed E-state index contributed by atoms with van der Waals surface area (Å²) in [5.74, 6) is -0.699. The molecule has 1 aliphatic heterocycles. The van der Waals surface area contributed by atoms with Gasteiger partial charge in [-0.25, -0.2) is 9.59 Å². The molecule has 3 aliphatic carbocycles. The molecule has 2 saturated carbocycles. The monoisotopic (exact) mass is 499 g/mol. The summed E-state index contributed by atoms with van der Waals surface area (Å²) in [7, 11) is 0. The van der Waals surface area contributed by atoms with E-state index in [0.29, 0.717) is 24.0 Å². The van der Waals surface area contributed by atoms with E-state index in [9.17, 15) is 18.0 Å². The summed E-state index contributed by atoms with van der Waals surface area (Å²) in [4.78, 5) is 20.6. The zero-order chi connectivity index (χ0) is 25.1. The lowest BCUT2D eigenvalue weighted by Crippen LogP contribution is -2.59. The van der Waals surface area contributed by atoms with Gasteiger partial charge in [0.05, 0.1) is 6.61 Å². The quantitative estimate of drug-likeness (QED) is 0.437. The molecule has 0 spiro atoms. The van der Waals surface area contributed by atoms with Gasteiger partial charge in [0.15, 0.2) is 0 Å². The number of carbonyl (C=O) groups excluding carboxylic acids is 1. The zero-order valence-electron chi connectivity index (χ0n) is 19.6. The Kier molecular flexibility index (Phi) is 7.78. The topological polar surface area (TPSA) is 94.1 Å². The number of hydrogen-bond donors (Lipinski definition) is 2. The maximum absolute atomic E-state index is 11.7. The Balaban J connectivity index is 0.000000364. The van der Waals surface area contributed by atoms with E-state index in [0.717, 1.165) is 37.5 Å². The third-order valence-electron chi connectivity index (χ3n) is 7.93. The first-order valence-corrected chi connectivity index (χ1v) is 12.3. The second-order valence-electron chi connectivity index (χ2n) is 9.91. The first-order chi connectivity index (χ1) is 16.7. The highest BCUT2D eigenvalue weighted by Crippen LogP contribution is 2.54. The lowest BCUT2D eigenvalue weighted by atomic mass is 9.53. The highest BCUT2D eigenvalue weighted by atomic mass is 19.4. The standard InChI is InChI=1S/C23H31NO4.C2HF3O2/c25-22(26-14-16-4-3-5-16)28-15-27-18-8-7-17-12-21-19-6-1-2-9-23(19,10-11-24-21)20(17)13-18;3-2(4,5)1(6)7/h7-8,13,16,19,21,24H,1-6,9-12,14-15H2;(H,6,7)/t19-,21+,23-;/m1./s1. The van der Waals surface area contributed by atoms with Gasteiger partial charge in [-0.1, -0.05) is 25.3 Å². The van der Waals surface area contributed by atoms with Gasteiger partial charge in [0.1, 0.15) is 5.75 Å². The van der Waals surface area contributed by atoms with Crippen LogP contribution in [0.25, 0.3) is 0 Å². The van der Waals surface area contributed by atoms with Gasteiger partial charge in [0.25, 0.3) is 0 Å². The summed E-state index contributed by atoms with van der Waals surface area (Å²) < 4.78 is 47.8. The second-order valence-corrected chi connectivity index (χ2v) is 9.91. The highest BCUT2D eigenvalue weighted by Gasteiger charge is 2.51. The molecule has 194 valence electrons. The molecule has 1 aromatic carbocycles. The van der Waals surface area contributed by atoms with Gasteiger partial charge in [-0.15, -0.1) is 0 Å². The van der Waals surface area contributed by atoms with Crippen LogP contribution in [0.3, 0.4) is 0 Å². The van der Waals surface area contributed by atoms with E-state index in [2.05, 4.69) is 17.4 Å². The van der Waals surface area contributed by atoms with Gasteiger partial charge in [-0.05, 0) is 80.2 Å². The molecule has 4 aliphatic rings. The first-order valence-electron chi connectivity index (χ1n) is 12.3. The summed E-state index contributed by atoms with van der Waals surface area (Å²) in [5, 5.41) is 10.9. The Labute approximate surface area is 202 Å². The third-order valence-corrected chi connectivity index (χ3v) is 7.93. The minimum Gasteiger partial charge on any atom is -0.475 e. The molecule has 0 amide bonds. The number of halogens is 3. The predicted molar refractivity (Wildman–Crippen MR) is 119 cm³/mol. The summed E-state index contributed by atoms with van der Waals surface area (Å²) in [6.07, 6.45) is 5.46. The Bertz CT molecular complexity index is 915. The van der Waals surface area contributed by atoms with Crippen molar-refractivity contribution in [2.75, 3.05) is 19.9 Å². The average Bonchev–Trinajstić information content (AvgIpc) is 2.78. The zero-order valence-corrected chi connectivity index (χ0v) is 19.6. The smallest absolute Gasteiger partial charge is 0.475 e. The second kappa shape index (κ2) is 10.6. The van der Waals surface area contributed by atoms with Crippen LogP contribution in [0.5, 0.6) is 5.75 Å². The molecule has 1 saturated heterocycles. The highest BCUT2D eigenvalue weighted by molar-refractivity contribution is 5.73. The summed E-state index contributed by atoms with van der Waals surface area (Å²) >= 11 is 0. The van der Waals surface area contributed by atoms with E-state index >= 15 is 0 Å². The van der Waals surface area contributed by atoms with Crippen LogP contribution in [0.2, 0.25) is 0 Å². The normalized spacial score (nSPS) is 27.2. The van der Waals surface area contributed by atoms with Crippen molar-refractivity contribution in [3.05, 3.63) is 29.3 Å². The van der Waals surface area contributed by atoms with Crippen LogP contribution in [0, 0.1) is 11.8 Å². The van der Waals surface area contributed by atoms with Crippen molar-refractivity contribution in [1.82, 2.24) is 5.32 Å². The van der Waals surface area contributed by atoms with Crippen molar-refractivity contribution in [2.45, 2.75) is 75.4 Å². The Morgan fingerprint density at radius 2 is 1.86 bits per heavy atom. The molecule has 35 heavy (non-hydrogen) atoms. The van der Waals surface area contributed by atoms with Crippen molar-refractivity contribution in [3.63, 3.8) is 0 Å². The number of piperidine rings is 1. The molecule has 3 atom stereocenters. The number of ether oxygens (including phenoxy) is 3. The van der Waals surface area contributed by atoms with Crippen molar-refractivity contribution < 1.29 is 42.1 Å². The predicted octanol–water partition coefficient (Wildman–Crippen LogP) is 4.96. The van der Waals surface area contributed by atoms with Crippen LogP contribution in [0.15, 0.2) is 18.2 Å². The molecule has 0 radical (unpaired) electrons. The summed E-state index contributed by atoms with van der Waals surface area (Å²) in [5.41, 5.74) is 3.26. The van der Waals surface area contributed by atoms with Gasteiger partial charge in [0.2, 0.25) is 6.79 Å². The fourth-order valence-electron chi connectivity index (χ4n) is 6.03. The molecule has 5 rings (SSSR count). The number of nitrogens with one attached hydrogen (secondary N) is 1. The number of rotatable bonds is 5. The van der Waals surface area contributed by atoms with Crippen LogP contribution in [-0.4, -0.2) is 49.4 Å². The van der Waals surface area contributed by atoms with Crippen molar-refractivity contribution >= 4 is 12.1 Å². The van der Waals surface area contributed by atoms with E-state index in [1.54, 1.807) is 0 Å². The fourth-order valence-corrected chi connectivity index (χ4v) is 6.03. The van der Waals surface area contributed by atoms with Crippen LogP contribution in [0.4, 0.5) is 18.0 Å². The van der Waals surface area contributed by atoms with Crippen molar-refractivity contribution in [3.8, 4) is 5.75 Å². The SMILES string of the molecule is O=C(O)C(F)(F)F.O=C(OCOc1ccc2c(c1)[C@@]13CCCC[C@@H]1[C@H](C2)NCC3)OCC1CCC1. The molecule has 1 aromatic rings. The van der Waals surface area contributed by atoms with E-state index in [1.165, 1.54) is 49.7 Å². The Hall–Kier alpha value is -2.49. The fraction of sp³-hybridized carbons (Fsp3) is 0.680. The van der Waals surface area contributed by atoms with Crippen LogP contribution < -0.4 is 10.1 Å². The van der Waals surface area contributed by atoms with Gasteiger partial charge in [-0.2, -0.15) is 13.2 Å². The number of hydrogen-bond acceptors (Lipinski definition) is 6. The summed E-state index contributed by atoms with van der Waals surface area (Å²) in [6, 6.07) is 7.07. The maximum atomic E-state index is 11.7. The Morgan fingerprint density at radius 3 is 2.54 bits per heavy atom. The van der Waals surface area contributed by atoms with Gasteiger partial charge < -0.3 is 24.6 Å². The summed E-state index contributed by atoms with van der Waals surface area (Å²) in [6.45, 7) is 1.49. The van der Waals surface area contributed by atoms with Gasteiger partial charge >= 0.3 is 18.3 Å². The molecule has 3 fully saturated rings. The van der Waals surface area contributed by atoms with Gasteiger partial charge in [0, 0.05) is 11.5 Å². The number of carbonyl (C=O) groups is 2. The number of fused-ring (bicyclic) bond motifs is 1. The lowest BCUT2D eigenvalue weighted by molar-refractivity contribution is -0.192. The number of aliphatic carboxylic acids is 1. The Morgan fingerprint density at radius 1 is 1.09 bits per heavy atom. The molecule has 0 aromatic heterocycles. The third kappa shape index (κ3) is 5.85. The number of carboxylic acid groups (broad SMARTS) is 1. The molecule has 1 heterocycles. The lowest BCUT2D eigenvalue weighted by Gasteiger charge is -2.56. The first kappa shape index (κ1) is 25.6. The van der Waals surface area contributed by atoms with E-state index in [1.807, 2.05) is 6.07 Å². The van der Waals surface area contributed by atoms with Gasteiger partial charge in [-0.3, -0.25) is 0 Å². The molecule has 10 heteroatoms. The van der Waals surface area contributed by atoms with E-state index in [4.69, 9.17) is 24.1 Å². The van der Waals surface area contributed by atoms with E-state index < -0.39 is 18.3 Å². The average molecular weight is 500 g/mol. The minimum absolute atomic E-state index is 0.0943. The molecule has 7 nitrogen and oxygen atoms in total. The molecule has 2 N–H and O–H groups in total. The van der Waals surface area contributed by atoms with Crippen molar-refractivity contribution in [1.29, 1.82) is 0 Å².